The summed E-state index contributed by atoms with van der Waals surface area (Å²) in [4.78, 5) is 37.0. The standard InChI is InChI=1S/C20H19FN4O3/c1-12-7-8-13(9-16(12)21)10-23-17(26)11-25-20(28)15-6-4-3-5-14(15)18(24-25)19(27)22-2/h3-9H,10-11H2,1-2H3,(H,22,27)(H,23,26). The van der Waals surface area contributed by atoms with Gasteiger partial charge in [0.2, 0.25) is 5.91 Å². The number of hydrogen-bond donors (Lipinski definition) is 2. The van der Waals surface area contributed by atoms with Crippen molar-refractivity contribution >= 4 is 22.6 Å². The molecule has 0 unspecified atom stereocenters. The number of nitrogens with one attached hydrogen (secondary N) is 2. The maximum absolute atomic E-state index is 13.6. The summed E-state index contributed by atoms with van der Waals surface area (Å²) in [5.41, 5.74) is 0.705. The highest BCUT2D eigenvalue weighted by atomic mass is 19.1. The van der Waals surface area contributed by atoms with Crippen LogP contribution in [0, 0.1) is 12.7 Å². The Morgan fingerprint density at radius 1 is 1.14 bits per heavy atom. The third-order valence-electron chi connectivity index (χ3n) is 4.33. The van der Waals surface area contributed by atoms with Crippen LogP contribution in [0.4, 0.5) is 4.39 Å². The van der Waals surface area contributed by atoms with Crippen LogP contribution in [-0.2, 0) is 17.9 Å². The number of carbonyl (C=O) groups is 2. The number of amides is 2. The number of nitrogens with zero attached hydrogens (tertiary/aromatic N) is 2. The van der Waals surface area contributed by atoms with Gasteiger partial charge < -0.3 is 10.6 Å². The predicted octanol–water partition coefficient (Wildman–Crippen LogP) is 1.52. The SMILES string of the molecule is CNC(=O)c1nn(CC(=O)NCc2ccc(C)c(F)c2)c(=O)c2ccccc12. The first kappa shape index (κ1) is 19.2. The van der Waals surface area contributed by atoms with Crippen LogP contribution in [0.3, 0.4) is 0 Å². The molecule has 0 saturated heterocycles. The quantitative estimate of drug-likeness (QED) is 0.700. The number of carbonyl (C=O) groups excluding carboxylic acids is 2. The summed E-state index contributed by atoms with van der Waals surface area (Å²) >= 11 is 0. The van der Waals surface area contributed by atoms with Crippen molar-refractivity contribution in [1.82, 2.24) is 20.4 Å². The first-order valence-electron chi connectivity index (χ1n) is 8.64. The molecular weight excluding hydrogens is 363 g/mol. The summed E-state index contributed by atoms with van der Waals surface area (Å²) in [5, 5.41) is 9.88. The van der Waals surface area contributed by atoms with Crippen molar-refractivity contribution < 1.29 is 14.0 Å². The van der Waals surface area contributed by atoms with Crippen molar-refractivity contribution in [2.45, 2.75) is 20.0 Å². The van der Waals surface area contributed by atoms with Crippen LogP contribution in [-0.4, -0.2) is 28.6 Å². The van der Waals surface area contributed by atoms with Gasteiger partial charge in [-0.1, -0.05) is 30.3 Å². The van der Waals surface area contributed by atoms with Gasteiger partial charge in [0.15, 0.2) is 5.69 Å². The van der Waals surface area contributed by atoms with Gasteiger partial charge >= 0.3 is 0 Å². The van der Waals surface area contributed by atoms with E-state index in [0.717, 1.165) is 4.68 Å². The summed E-state index contributed by atoms with van der Waals surface area (Å²) in [6.45, 7) is 1.40. The summed E-state index contributed by atoms with van der Waals surface area (Å²) in [7, 11) is 1.46. The van der Waals surface area contributed by atoms with Crippen molar-refractivity contribution in [3.63, 3.8) is 0 Å². The Morgan fingerprint density at radius 2 is 1.86 bits per heavy atom. The number of rotatable bonds is 5. The topological polar surface area (TPSA) is 93.1 Å². The molecule has 1 aromatic heterocycles. The van der Waals surface area contributed by atoms with Gasteiger partial charge in [-0.25, -0.2) is 9.07 Å². The van der Waals surface area contributed by atoms with Crippen LogP contribution in [0.1, 0.15) is 21.6 Å². The molecule has 0 aliphatic carbocycles. The Kier molecular flexibility index (Phi) is 5.49. The highest BCUT2D eigenvalue weighted by Gasteiger charge is 2.17. The largest absolute Gasteiger partial charge is 0.354 e. The second-order valence-electron chi connectivity index (χ2n) is 6.30. The van der Waals surface area contributed by atoms with E-state index in [1.807, 2.05) is 0 Å². The van der Waals surface area contributed by atoms with Crippen LogP contribution < -0.4 is 16.2 Å². The van der Waals surface area contributed by atoms with Gasteiger partial charge in [0, 0.05) is 19.0 Å². The molecule has 2 aromatic carbocycles. The van der Waals surface area contributed by atoms with Gasteiger partial charge in [0.05, 0.1) is 5.39 Å². The molecule has 0 atom stereocenters. The molecule has 3 rings (SSSR count). The highest BCUT2D eigenvalue weighted by molar-refractivity contribution is 6.04. The maximum atomic E-state index is 13.6. The number of benzene rings is 2. The third-order valence-corrected chi connectivity index (χ3v) is 4.33. The van der Waals surface area contributed by atoms with E-state index in [0.29, 0.717) is 21.9 Å². The lowest BCUT2D eigenvalue weighted by Gasteiger charge is -2.11. The summed E-state index contributed by atoms with van der Waals surface area (Å²) in [5.74, 6) is -1.29. The molecule has 2 N–H and O–H groups in total. The van der Waals surface area contributed by atoms with Gasteiger partial charge in [-0.05, 0) is 30.2 Å². The zero-order valence-corrected chi connectivity index (χ0v) is 15.5. The van der Waals surface area contributed by atoms with Crippen molar-refractivity contribution in [2.75, 3.05) is 7.05 Å². The first-order valence-corrected chi connectivity index (χ1v) is 8.64. The van der Waals surface area contributed by atoms with Crippen molar-refractivity contribution in [3.8, 4) is 0 Å². The zero-order valence-electron chi connectivity index (χ0n) is 15.5. The van der Waals surface area contributed by atoms with E-state index in [2.05, 4.69) is 15.7 Å². The lowest BCUT2D eigenvalue weighted by Crippen LogP contribution is -2.35. The maximum Gasteiger partial charge on any atom is 0.275 e. The van der Waals surface area contributed by atoms with Crippen LogP contribution in [0.15, 0.2) is 47.3 Å². The molecule has 1 heterocycles. The second-order valence-corrected chi connectivity index (χ2v) is 6.30. The molecule has 0 aliphatic rings. The van der Waals surface area contributed by atoms with E-state index in [4.69, 9.17) is 0 Å². The number of fused-ring (bicyclic) bond motifs is 1. The molecule has 28 heavy (non-hydrogen) atoms. The minimum atomic E-state index is -0.478. The van der Waals surface area contributed by atoms with E-state index in [-0.39, 0.29) is 24.6 Å². The number of aryl methyl sites for hydroxylation is 1. The molecule has 8 heteroatoms. The monoisotopic (exact) mass is 382 g/mol. The predicted molar refractivity (Wildman–Crippen MR) is 102 cm³/mol. The van der Waals surface area contributed by atoms with Crippen LogP contribution >= 0.6 is 0 Å². The van der Waals surface area contributed by atoms with E-state index < -0.39 is 17.4 Å². The molecule has 2 amide bonds. The Labute approximate surface area is 160 Å². The summed E-state index contributed by atoms with van der Waals surface area (Å²) in [6, 6.07) is 11.3. The molecule has 0 spiro atoms. The van der Waals surface area contributed by atoms with E-state index in [9.17, 15) is 18.8 Å². The Bertz CT molecular complexity index is 1120. The minimum absolute atomic E-state index is 0.0612. The fraction of sp³-hybridized carbons (Fsp3) is 0.200. The number of halogens is 1. The van der Waals surface area contributed by atoms with Crippen LogP contribution in [0.2, 0.25) is 0 Å². The van der Waals surface area contributed by atoms with E-state index in [1.54, 1.807) is 43.3 Å². The lowest BCUT2D eigenvalue weighted by atomic mass is 10.1. The first-order chi connectivity index (χ1) is 13.4. The Balaban J connectivity index is 1.84. The van der Waals surface area contributed by atoms with E-state index in [1.165, 1.54) is 13.1 Å². The van der Waals surface area contributed by atoms with Crippen molar-refractivity contribution in [3.05, 3.63) is 75.5 Å². The van der Waals surface area contributed by atoms with Gasteiger partial charge in [-0.2, -0.15) is 5.10 Å². The summed E-state index contributed by atoms with van der Waals surface area (Å²) in [6.07, 6.45) is 0. The van der Waals surface area contributed by atoms with Gasteiger partial charge in [0.25, 0.3) is 11.5 Å². The Morgan fingerprint density at radius 3 is 2.54 bits per heavy atom. The molecular formula is C20H19FN4O3. The second kappa shape index (κ2) is 7.99. The highest BCUT2D eigenvalue weighted by Crippen LogP contribution is 2.13. The third kappa shape index (κ3) is 3.90. The van der Waals surface area contributed by atoms with Gasteiger partial charge in [-0.15, -0.1) is 0 Å². The molecule has 0 aliphatic heterocycles. The minimum Gasteiger partial charge on any atom is -0.354 e. The summed E-state index contributed by atoms with van der Waals surface area (Å²) < 4.78 is 14.6. The Hall–Kier alpha value is -3.55. The molecule has 144 valence electrons. The van der Waals surface area contributed by atoms with Gasteiger partial charge in [0.1, 0.15) is 12.4 Å². The zero-order chi connectivity index (χ0) is 20.3. The van der Waals surface area contributed by atoms with E-state index >= 15 is 0 Å². The normalized spacial score (nSPS) is 10.7. The molecule has 0 saturated carbocycles. The average Bonchev–Trinajstić information content (AvgIpc) is 2.70. The van der Waals surface area contributed by atoms with Crippen LogP contribution in [0.5, 0.6) is 0 Å². The molecule has 0 bridgehead atoms. The van der Waals surface area contributed by atoms with Crippen LogP contribution in [0.25, 0.3) is 10.8 Å². The van der Waals surface area contributed by atoms with Crippen molar-refractivity contribution in [1.29, 1.82) is 0 Å². The molecule has 3 aromatic rings. The lowest BCUT2D eigenvalue weighted by molar-refractivity contribution is -0.122. The molecule has 7 nitrogen and oxygen atoms in total. The average molecular weight is 382 g/mol. The van der Waals surface area contributed by atoms with Gasteiger partial charge in [-0.3, -0.25) is 14.4 Å². The smallest absolute Gasteiger partial charge is 0.275 e. The number of hydrogen-bond acceptors (Lipinski definition) is 4. The number of aromatic nitrogens is 2. The fourth-order valence-electron chi connectivity index (χ4n) is 2.77. The van der Waals surface area contributed by atoms with Crippen molar-refractivity contribution in [2.24, 2.45) is 0 Å². The fourth-order valence-corrected chi connectivity index (χ4v) is 2.77. The molecule has 0 radical (unpaired) electrons. The molecule has 0 fully saturated rings.